The molecule has 4 fully saturated rings. The Hall–Kier alpha value is -0.630. The summed E-state index contributed by atoms with van der Waals surface area (Å²) in [6.45, 7) is 14.4. The fourth-order valence-electron chi connectivity index (χ4n) is 8.63. The molecule has 0 spiro atoms. The molecule has 0 amide bonds. The van der Waals surface area contributed by atoms with E-state index in [9.17, 15) is 9.90 Å². The summed E-state index contributed by atoms with van der Waals surface area (Å²) in [6, 6.07) is 0. The number of Topliss-reactive ketones (excluding diaryl/α,β-unsaturated/α-hetero) is 1. The molecule has 0 radical (unpaired) electrons. The summed E-state index contributed by atoms with van der Waals surface area (Å²) in [5, 5.41) is 10.2. The quantitative estimate of drug-likeness (QED) is 0.522. The molecule has 0 saturated heterocycles. The van der Waals surface area contributed by atoms with Crippen LogP contribution in [0.5, 0.6) is 0 Å². The molecule has 4 aliphatic carbocycles. The third-order valence-corrected chi connectivity index (χ3v) is 10.9. The number of ketones is 1. The first kappa shape index (κ1) is 22.6. The van der Waals surface area contributed by atoms with Crippen molar-refractivity contribution < 1.29 is 9.90 Å². The average Bonchev–Trinajstić information content (AvgIpc) is 3.04. The molecule has 10 atom stereocenters. The molecule has 1 N–H and O–H groups in total. The zero-order valence-electron chi connectivity index (χ0n) is 20.4. The number of fused-ring (bicyclic) bond motifs is 5. The Kier molecular flexibility index (Phi) is 6.06. The van der Waals surface area contributed by atoms with Crippen LogP contribution in [0.4, 0.5) is 0 Å². The molecule has 0 aliphatic heterocycles. The Balaban J connectivity index is 1.54. The van der Waals surface area contributed by atoms with E-state index in [1.165, 1.54) is 25.7 Å². The van der Waals surface area contributed by atoms with Crippen LogP contribution in [0, 0.1) is 58.2 Å². The van der Waals surface area contributed by atoms with Crippen LogP contribution in [0.3, 0.4) is 0 Å². The lowest BCUT2D eigenvalue weighted by molar-refractivity contribution is -0.159. The molecule has 0 heterocycles. The summed E-state index contributed by atoms with van der Waals surface area (Å²) >= 11 is 0. The van der Waals surface area contributed by atoms with Crippen molar-refractivity contribution in [3.63, 3.8) is 0 Å². The van der Waals surface area contributed by atoms with Gasteiger partial charge in [0.25, 0.3) is 0 Å². The first-order valence-corrected chi connectivity index (χ1v) is 13.0. The molecule has 2 nitrogen and oxygen atoms in total. The number of carbonyl (C=O) groups excluding carboxylic acids is 1. The summed E-state index contributed by atoms with van der Waals surface area (Å²) in [7, 11) is 0. The zero-order chi connectivity index (χ0) is 21.8. The smallest absolute Gasteiger partial charge is 0.136 e. The second-order valence-electron chi connectivity index (χ2n) is 12.6. The monoisotopic (exact) mass is 414 g/mol. The highest BCUT2D eigenvalue weighted by Gasteiger charge is 2.62. The second-order valence-corrected chi connectivity index (χ2v) is 12.6. The van der Waals surface area contributed by atoms with Crippen molar-refractivity contribution >= 4 is 5.78 Å². The fourth-order valence-corrected chi connectivity index (χ4v) is 8.63. The van der Waals surface area contributed by atoms with E-state index in [4.69, 9.17) is 0 Å². The van der Waals surface area contributed by atoms with Gasteiger partial charge in [-0.2, -0.15) is 0 Å². The number of carbonyl (C=O) groups is 1. The molecular weight excluding hydrogens is 368 g/mol. The Morgan fingerprint density at radius 2 is 1.60 bits per heavy atom. The van der Waals surface area contributed by atoms with Crippen LogP contribution in [0.15, 0.2) is 12.2 Å². The highest BCUT2D eigenvalue weighted by molar-refractivity contribution is 5.83. The molecule has 4 aliphatic rings. The third-order valence-electron chi connectivity index (χ3n) is 10.9. The second kappa shape index (κ2) is 8.05. The Morgan fingerprint density at radius 1 is 0.933 bits per heavy atom. The van der Waals surface area contributed by atoms with Crippen molar-refractivity contribution in [3.05, 3.63) is 12.2 Å². The Bertz CT molecular complexity index is 680. The lowest BCUT2D eigenvalue weighted by atomic mass is 9.44. The highest BCUT2D eigenvalue weighted by Crippen LogP contribution is 2.67. The van der Waals surface area contributed by atoms with Crippen molar-refractivity contribution in [2.24, 2.45) is 58.2 Å². The van der Waals surface area contributed by atoms with Crippen molar-refractivity contribution in [1.29, 1.82) is 0 Å². The standard InChI is InChI=1S/C28H46O2/c1-17(2)18(3)7-8-19(4)22-9-10-23-21-16-26(30)25-15-20(29)11-13-28(25,6)24(21)12-14-27(22,23)5/h7-8,17-25,29H,9-16H2,1-6H3/b8-7+/t18?,19-,20-,21+,22-,23+,24+,25-,27-,28-/m1/s1. The van der Waals surface area contributed by atoms with Gasteiger partial charge in [-0.3, -0.25) is 4.79 Å². The van der Waals surface area contributed by atoms with Gasteiger partial charge in [0.05, 0.1) is 6.10 Å². The van der Waals surface area contributed by atoms with Crippen LogP contribution in [-0.2, 0) is 4.79 Å². The molecule has 4 rings (SSSR count). The summed E-state index contributed by atoms with van der Waals surface area (Å²) in [5.74, 6) is 5.31. The molecule has 0 aromatic heterocycles. The summed E-state index contributed by atoms with van der Waals surface area (Å²) in [5.41, 5.74) is 0.528. The van der Waals surface area contributed by atoms with Gasteiger partial charge in [-0.05, 0) is 97.2 Å². The van der Waals surface area contributed by atoms with Gasteiger partial charge >= 0.3 is 0 Å². The van der Waals surface area contributed by atoms with Gasteiger partial charge in [0.1, 0.15) is 5.78 Å². The maximum atomic E-state index is 13.3. The molecule has 0 aromatic carbocycles. The van der Waals surface area contributed by atoms with Gasteiger partial charge < -0.3 is 5.11 Å². The van der Waals surface area contributed by atoms with Crippen molar-refractivity contribution in [3.8, 4) is 0 Å². The molecule has 0 bridgehead atoms. The van der Waals surface area contributed by atoms with Crippen molar-refractivity contribution in [1.82, 2.24) is 0 Å². The van der Waals surface area contributed by atoms with E-state index in [0.29, 0.717) is 46.7 Å². The summed E-state index contributed by atoms with van der Waals surface area (Å²) < 4.78 is 0. The fraction of sp³-hybridized carbons (Fsp3) is 0.893. The number of hydrogen-bond acceptors (Lipinski definition) is 2. The number of aliphatic hydroxyl groups excluding tert-OH is 1. The largest absolute Gasteiger partial charge is 0.393 e. The van der Waals surface area contributed by atoms with E-state index in [1.54, 1.807) is 0 Å². The van der Waals surface area contributed by atoms with E-state index in [2.05, 4.69) is 53.7 Å². The molecule has 0 aromatic rings. The van der Waals surface area contributed by atoms with Crippen LogP contribution in [-0.4, -0.2) is 17.0 Å². The molecule has 4 saturated carbocycles. The van der Waals surface area contributed by atoms with Gasteiger partial charge in [-0.1, -0.05) is 53.7 Å². The van der Waals surface area contributed by atoms with Gasteiger partial charge in [0.15, 0.2) is 0 Å². The number of aliphatic hydroxyl groups is 1. The SMILES string of the molecule is CC(C)C(C)/C=C/[C@@H](C)[C@H]1CC[C@H]2[C@@H]3CC(=O)[C@H]4C[C@H](O)CC[C@]4(C)[C@H]3CC[C@]12C. The lowest BCUT2D eigenvalue weighted by Gasteiger charge is -2.60. The summed E-state index contributed by atoms with van der Waals surface area (Å²) in [4.78, 5) is 13.3. The number of allylic oxidation sites excluding steroid dienone is 2. The molecule has 2 heteroatoms. The van der Waals surface area contributed by atoms with Crippen LogP contribution in [0.1, 0.15) is 92.9 Å². The van der Waals surface area contributed by atoms with E-state index in [1.807, 2.05) is 0 Å². The minimum Gasteiger partial charge on any atom is -0.393 e. The zero-order valence-corrected chi connectivity index (χ0v) is 20.4. The number of rotatable bonds is 4. The normalized spacial score (nSPS) is 48.3. The maximum Gasteiger partial charge on any atom is 0.136 e. The predicted molar refractivity (Wildman–Crippen MR) is 124 cm³/mol. The van der Waals surface area contributed by atoms with E-state index in [0.717, 1.165) is 31.6 Å². The van der Waals surface area contributed by atoms with Gasteiger partial charge in [0.2, 0.25) is 0 Å². The van der Waals surface area contributed by atoms with E-state index in [-0.39, 0.29) is 17.4 Å². The first-order chi connectivity index (χ1) is 14.1. The van der Waals surface area contributed by atoms with Gasteiger partial charge in [0, 0.05) is 12.3 Å². The van der Waals surface area contributed by atoms with Gasteiger partial charge in [-0.25, -0.2) is 0 Å². The maximum absolute atomic E-state index is 13.3. The predicted octanol–water partition coefficient (Wildman–Crippen LogP) is 6.67. The van der Waals surface area contributed by atoms with Crippen molar-refractivity contribution in [2.45, 2.75) is 99.0 Å². The minimum absolute atomic E-state index is 0.114. The molecule has 170 valence electrons. The molecule has 1 unspecified atom stereocenters. The van der Waals surface area contributed by atoms with E-state index >= 15 is 0 Å². The minimum atomic E-state index is -0.255. The van der Waals surface area contributed by atoms with Gasteiger partial charge in [-0.15, -0.1) is 0 Å². The van der Waals surface area contributed by atoms with E-state index < -0.39 is 0 Å². The summed E-state index contributed by atoms with van der Waals surface area (Å²) in [6.07, 6.45) is 13.4. The molecule has 30 heavy (non-hydrogen) atoms. The molecular formula is C28H46O2. The van der Waals surface area contributed by atoms with Crippen LogP contribution in [0.2, 0.25) is 0 Å². The van der Waals surface area contributed by atoms with Crippen LogP contribution < -0.4 is 0 Å². The Morgan fingerprint density at radius 3 is 2.30 bits per heavy atom. The van der Waals surface area contributed by atoms with Crippen LogP contribution in [0.25, 0.3) is 0 Å². The first-order valence-electron chi connectivity index (χ1n) is 13.0. The van der Waals surface area contributed by atoms with Crippen LogP contribution >= 0.6 is 0 Å². The van der Waals surface area contributed by atoms with Crippen molar-refractivity contribution in [2.75, 3.05) is 0 Å². The number of hydrogen-bond donors (Lipinski definition) is 1. The average molecular weight is 415 g/mol. The Labute approximate surface area is 185 Å². The third kappa shape index (κ3) is 3.54. The topological polar surface area (TPSA) is 37.3 Å². The highest BCUT2D eigenvalue weighted by atomic mass is 16.3. The lowest BCUT2D eigenvalue weighted by Crippen LogP contribution is -2.57.